The normalized spacial score (nSPS) is 12.3. The van der Waals surface area contributed by atoms with Gasteiger partial charge in [-0.25, -0.2) is 9.37 Å². The fourth-order valence-corrected chi connectivity index (χ4v) is 3.74. The van der Waals surface area contributed by atoms with Crippen LogP contribution in [0.5, 0.6) is 0 Å². The van der Waals surface area contributed by atoms with Crippen LogP contribution in [0.2, 0.25) is 0 Å². The average Bonchev–Trinajstić information content (AvgIpc) is 3.36. The van der Waals surface area contributed by atoms with E-state index in [0.717, 1.165) is 6.26 Å². The van der Waals surface area contributed by atoms with Crippen LogP contribution < -0.4 is 0 Å². The summed E-state index contributed by atoms with van der Waals surface area (Å²) in [7, 11) is 0. The molecule has 0 N–H and O–H groups in total. The number of nitrogens with zero attached hydrogens (tertiary/aromatic N) is 3. The Hall–Kier alpha value is -3.81. The minimum absolute atomic E-state index is 0.0284. The number of hydrogen-bond acceptors (Lipinski definition) is 3. The molecule has 0 saturated heterocycles. The topological polar surface area (TPSA) is 54.8 Å². The number of benzene rings is 2. The molecular weight excluding hydrogens is 467 g/mol. The zero-order valence-corrected chi connectivity index (χ0v) is 17.4. The maximum Gasteiger partial charge on any atom is 0.416 e. The number of hydrogen-bond donors (Lipinski definition) is 0. The van der Waals surface area contributed by atoms with Gasteiger partial charge in [0, 0.05) is 27.7 Å². The van der Waals surface area contributed by atoms with E-state index in [1.165, 1.54) is 6.07 Å². The van der Waals surface area contributed by atoms with E-state index in [9.17, 15) is 36.0 Å². The molecule has 11 heteroatoms. The summed E-state index contributed by atoms with van der Waals surface area (Å²) in [5, 5.41) is 9.71. The fraction of sp³-hybridized carbons (Fsp3) is 0.217. The predicted octanol–water partition coefficient (Wildman–Crippen LogP) is 7.03. The largest absolute Gasteiger partial charge is 0.444 e. The van der Waals surface area contributed by atoms with Crippen LogP contribution >= 0.6 is 0 Å². The molecule has 0 aliphatic rings. The summed E-state index contributed by atoms with van der Waals surface area (Å²) in [5.41, 5.74) is -1.50. The van der Waals surface area contributed by atoms with Gasteiger partial charge in [0.25, 0.3) is 0 Å². The van der Waals surface area contributed by atoms with E-state index < -0.39 is 41.6 Å². The number of fused-ring (bicyclic) bond motifs is 1. The van der Waals surface area contributed by atoms with E-state index in [1.807, 2.05) is 6.07 Å². The summed E-state index contributed by atoms with van der Waals surface area (Å²) in [6.45, 7) is 0.938. The average molecular weight is 481 g/mol. The summed E-state index contributed by atoms with van der Waals surface area (Å²) in [5.74, 6) is -0.406. The summed E-state index contributed by atoms with van der Waals surface area (Å²) in [4.78, 5) is 4.08. The molecule has 0 unspecified atom stereocenters. The second-order valence-electron chi connectivity index (χ2n) is 7.58. The van der Waals surface area contributed by atoms with Crippen LogP contribution in [-0.2, 0) is 25.6 Å². The molecule has 0 saturated carbocycles. The van der Waals surface area contributed by atoms with E-state index in [4.69, 9.17) is 4.42 Å². The van der Waals surface area contributed by atoms with E-state index in [1.54, 1.807) is 23.6 Å². The third-order valence-corrected chi connectivity index (χ3v) is 5.36. The van der Waals surface area contributed by atoms with E-state index in [2.05, 4.69) is 4.98 Å². The quantitative estimate of drug-likeness (QED) is 0.294. The van der Waals surface area contributed by atoms with Crippen LogP contribution in [0.1, 0.15) is 33.6 Å². The van der Waals surface area contributed by atoms with Crippen LogP contribution in [0.3, 0.4) is 0 Å². The molecule has 2 heterocycles. The molecule has 0 atom stereocenters. The number of aryl methyl sites for hydroxylation is 1. The first kappa shape index (κ1) is 23.4. The first-order chi connectivity index (χ1) is 15.9. The number of nitriles is 1. The Bertz CT molecular complexity index is 1390. The van der Waals surface area contributed by atoms with Crippen molar-refractivity contribution in [1.82, 2.24) is 9.55 Å². The van der Waals surface area contributed by atoms with Gasteiger partial charge in [-0.15, -0.1) is 0 Å². The molecule has 0 radical (unpaired) electrons. The summed E-state index contributed by atoms with van der Waals surface area (Å²) >= 11 is 0. The number of rotatable bonds is 4. The minimum Gasteiger partial charge on any atom is -0.444 e. The van der Waals surface area contributed by atoms with E-state index in [-0.39, 0.29) is 29.4 Å². The molecule has 0 aliphatic heterocycles. The molecule has 0 bridgehead atoms. The van der Waals surface area contributed by atoms with Gasteiger partial charge in [0.1, 0.15) is 12.9 Å². The fourth-order valence-electron chi connectivity index (χ4n) is 3.74. The van der Waals surface area contributed by atoms with Crippen LogP contribution in [0.25, 0.3) is 22.4 Å². The lowest BCUT2D eigenvalue weighted by molar-refractivity contribution is -0.143. The van der Waals surface area contributed by atoms with Gasteiger partial charge < -0.3 is 8.98 Å². The molecule has 0 amide bonds. The maximum absolute atomic E-state index is 13.5. The van der Waals surface area contributed by atoms with Crippen molar-refractivity contribution in [2.24, 2.45) is 0 Å². The second kappa shape index (κ2) is 8.20. The van der Waals surface area contributed by atoms with Gasteiger partial charge in [0.15, 0.2) is 0 Å². The Morgan fingerprint density at radius 2 is 1.65 bits per heavy atom. The highest BCUT2D eigenvalue weighted by atomic mass is 19.4. The molecule has 0 fully saturated rings. The van der Waals surface area contributed by atoms with E-state index >= 15 is 0 Å². The van der Waals surface area contributed by atoms with Crippen LogP contribution in [0.15, 0.2) is 47.1 Å². The van der Waals surface area contributed by atoms with Crippen molar-refractivity contribution in [3.63, 3.8) is 0 Å². The molecule has 176 valence electrons. The standard InChI is InChI=1S/C23H14F7N3O/c1-12-4-18-19(8-24)13(9-31)2-3-20(18)33(12)10-17-11-34-21(32-17)14-5-15(22(25,26)27)7-16(6-14)23(28,29)30/h2-7,11H,8,10H2,1H3. The smallest absolute Gasteiger partial charge is 0.416 e. The molecule has 0 aliphatic carbocycles. The van der Waals surface area contributed by atoms with Crippen molar-refractivity contribution in [3.05, 3.63) is 76.3 Å². The molecule has 2 aromatic carbocycles. The summed E-state index contributed by atoms with van der Waals surface area (Å²) in [6.07, 6.45) is -8.86. The van der Waals surface area contributed by atoms with Crippen molar-refractivity contribution in [2.75, 3.05) is 0 Å². The maximum atomic E-state index is 13.5. The monoisotopic (exact) mass is 481 g/mol. The molecule has 4 nitrogen and oxygen atoms in total. The molecule has 4 aromatic rings. The molecule has 2 aromatic heterocycles. The first-order valence-corrected chi connectivity index (χ1v) is 9.74. The van der Waals surface area contributed by atoms with Crippen LogP contribution in [0, 0.1) is 18.3 Å². The highest BCUT2D eigenvalue weighted by Crippen LogP contribution is 2.38. The van der Waals surface area contributed by atoms with Crippen molar-refractivity contribution < 1.29 is 35.2 Å². The Balaban J connectivity index is 1.74. The lowest BCUT2D eigenvalue weighted by Crippen LogP contribution is -2.11. The van der Waals surface area contributed by atoms with Gasteiger partial charge in [-0.05, 0) is 43.3 Å². The highest BCUT2D eigenvalue weighted by molar-refractivity contribution is 5.86. The Kier molecular flexibility index (Phi) is 5.63. The van der Waals surface area contributed by atoms with Gasteiger partial charge >= 0.3 is 12.4 Å². The van der Waals surface area contributed by atoms with Crippen molar-refractivity contribution in [2.45, 2.75) is 32.5 Å². The lowest BCUT2D eigenvalue weighted by Gasteiger charge is -2.13. The number of oxazole rings is 1. The zero-order chi connectivity index (χ0) is 24.8. The van der Waals surface area contributed by atoms with Gasteiger partial charge in [-0.3, -0.25) is 0 Å². The predicted molar refractivity (Wildman–Crippen MR) is 107 cm³/mol. The van der Waals surface area contributed by atoms with Crippen LogP contribution in [-0.4, -0.2) is 9.55 Å². The second-order valence-corrected chi connectivity index (χ2v) is 7.58. The van der Waals surface area contributed by atoms with Gasteiger partial charge in [-0.1, -0.05) is 0 Å². The minimum atomic E-state index is -5.00. The molecule has 4 rings (SSSR count). The van der Waals surface area contributed by atoms with Crippen molar-refractivity contribution in [3.8, 4) is 17.5 Å². The number of halogens is 7. The van der Waals surface area contributed by atoms with Gasteiger partial charge in [0.05, 0.1) is 35.0 Å². The van der Waals surface area contributed by atoms with Gasteiger partial charge in [-0.2, -0.15) is 31.6 Å². The Morgan fingerprint density at radius 1 is 1.00 bits per heavy atom. The SMILES string of the molecule is Cc1cc2c(CF)c(C#N)ccc2n1Cc1coc(-c2cc(C(F)(F)F)cc(C(F)(F)F)c2)n1. The Labute approximate surface area is 187 Å². The third-order valence-electron chi connectivity index (χ3n) is 5.36. The zero-order valence-electron chi connectivity index (χ0n) is 17.4. The van der Waals surface area contributed by atoms with E-state index in [0.29, 0.717) is 28.7 Å². The number of aromatic nitrogens is 2. The molecular formula is C23H14F7N3O. The highest BCUT2D eigenvalue weighted by Gasteiger charge is 2.37. The third kappa shape index (κ3) is 4.23. The van der Waals surface area contributed by atoms with Gasteiger partial charge in [0.2, 0.25) is 5.89 Å². The number of alkyl halides is 7. The first-order valence-electron chi connectivity index (χ1n) is 9.74. The summed E-state index contributed by atoms with van der Waals surface area (Å²) in [6, 6.07) is 7.83. The van der Waals surface area contributed by atoms with Crippen LogP contribution in [0.4, 0.5) is 30.7 Å². The van der Waals surface area contributed by atoms with Crippen molar-refractivity contribution in [1.29, 1.82) is 5.26 Å². The molecule has 0 spiro atoms. The van der Waals surface area contributed by atoms with Crippen molar-refractivity contribution >= 4 is 10.9 Å². The molecule has 34 heavy (non-hydrogen) atoms. The summed E-state index contributed by atoms with van der Waals surface area (Å²) < 4.78 is 99.4. The lowest BCUT2D eigenvalue weighted by atomic mass is 10.0. The Morgan fingerprint density at radius 3 is 2.21 bits per heavy atom.